The van der Waals surface area contributed by atoms with E-state index in [0.717, 1.165) is 9.58 Å². The van der Waals surface area contributed by atoms with Crippen LogP contribution in [0.25, 0.3) is 22.2 Å². The molecule has 1 aliphatic heterocycles. The van der Waals surface area contributed by atoms with Crippen molar-refractivity contribution < 1.29 is 33.1 Å². The van der Waals surface area contributed by atoms with Gasteiger partial charge in [0.15, 0.2) is 11.5 Å². The monoisotopic (exact) mass is 582 g/mol. The predicted octanol–water partition coefficient (Wildman–Crippen LogP) is 3.27. The van der Waals surface area contributed by atoms with Gasteiger partial charge in [-0.15, -0.1) is 0 Å². The minimum atomic E-state index is -1.52. The molecule has 41 heavy (non-hydrogen) atoms. The van der Waals surface area contributed by atoms with E-state index >= 15 is 4.39 Å². The van der Waals surface area contributed by atoms with Crippen LogP contribution >= 0.6 is 11.6 Å². The van der Waals surface area contributed by atoms with Crippen molar-refractivity contribution in [2.45, 2.75) is 25.2 Å². The van der Waals surface area contributed by atoms with Gasteiger partial charge in [-0.1, -0.05) is 17.7 Å². The van der Waals surface area contributed by atoms with Crippen LogP contribution in [-0.4, -0.2) is 67.2 Å². The number of hydrogen-bond acceptors (Lipinski definition) is 6. The van der Waals surface area contributed by atoms with Crippen LogP contribution < -0.4 is 11.1 Å². The molecule has 4 aromatic rings. The summed E-state index contributed by atoms with van der Waals surface area (Å²) < 4.78 is 31.0. The molecule has 1 fully saturated rings. The van der Waals surface area contributed by atoms with Gasteiger partial charge in [-0.2, -0.15) is 5.10 Å². The minimum absolute atomic E-state index is 0.0398. The first kappa shape index (κ1) is 27.6. The Morgan fingerprint density at radius 2 is 1.93 bits per heavy atom. The molecule has 4 N–H and O–H groups in total. The summed E-state index contributed by atoms with van der Waals surface area (Å²) in [7, 11) is 0. The van der Waals surface area contributed by atoms with Crippen molar-refractivity contribution in [3.63, 3.8) is 0 Å². The second-order valence-electron chi connectivity index (χ2n) is 9.29. The molecule has 5 rings (SSSR count). The van der Waals surface area contributed by atoms with E-state index in [9.17, 15) is 28.7 Å². The Balaban J connectivity index is 1.39. The Morgan fingerprint density at radius 1 is 1.15 bits per heavy atom. The number of nitrogens with one attached hydrogen (secondary N) is 1. The van der Waals surface area contributed by atoms with E-state index in [1.807, 2.05) is 0 Å². The molecule has 1 saturated heterocycles. The van der Waals surface area contributed by atoms with Crippen molar-refractivity contribution in [3.05, 3.63) is 76.8 Å². The molecular formula is C27H21ClF2N6O5. The molecule has 3 heterocycles. The Morgan fingerprint density at radius 3 is 2.63 bits per heavy atom. The number of carbonyl (C=O) groups excluding carboxylic acids is 3. The second kappa shape index (κ2) is 10.9. The quantitative estimate of drug-likeness (QED) is 0.301. The molecule has 1 aliphatic rings. The number of pyridine rings is 1. The highest BCUT2D eigenvalue weighted by Crippen LogP contribution is 2.32. The van der Waals surface area contributed by atoms with Gasteiger partial charge in [0.2, 0.25) is 11.8 Å². The molecule has 11 nitrogen and oxygen atoms in total. The van der Waals surface area contributed by atoms with Crippen LogP contribution in [0.3, 0.4) is 0 Å². The molecule has 0 unspecified atom stereocenters. The number of halogens is 3. The topological polar surface area (TPSA) is 161 Å². The Labute approximate surface area is 235 Å². The van der Waals surface area contributed by atoms with Gasteiger partial charge in [-0.3, -0.25) is 24.0 Å². The van der Waals surface area contributed by atoms with Crippen molar-refractivity contribution in [2.24, 2.45) is 5.73 Å². The predicted molar refractivity (Wildman–Crippen MR) is 143 cm³/mol. The highest BCUT2D eigenvalue weighted by Gasteiger charge is 2.40. The number of anilines is 1. The first-order valence-corrected chi connectivity index (χ1v) is 12.6. The fraction of sp³-hybridized carbons (Fsp3) is 0.185. The molecular weight excluding hydrogens is 562 g/mol. The zero-order chi connectivity index (χ0) is 29.4. The van der Waals surface area contributed by atoms with E-state index in [2.05, 4.69) is 15.4 Å². The number of aromatic nitrogens is 3. The highest BCUT2D eigenvalue weighted by atomic mass is 35.5. The summed E-state index contributed by atoms with van der Waals surface area (Å²) in [6.45, 7) is -0.900. The zero-order valence-electron chi connectivity index (χ0n) is 21.1. The number of hydrogen-bond donors (Lipinski definition) is 3. The molecule has 0 spiro atoms. The third kappa shape index (κ3) is 5.31. The number of nitrogens with zero attached hydrogens (tertiary/aromatic N) is 4. The lowest BCUT2D eigenvalue weighted by Gasteiger charge is -2.24. The molecule has 14 heteroatoms. The standard InChI is InChI=1S/C27H21ClF2N6O5/c28-17-4-2-8-32-23(17)15-3-1-5-18(22(15)30)33-26(39)20-10-14(29)11-35(20)21(37)12-36-19-7-6-13(27(40)41)9-16(19)24(34-36)25(31)38/h1-9,14,20H,10-12H2,(H2,31,38)(H,33,39)(H,40,41)/t14-,20+/m1/s1. The number of carbonyl (C=O) groups is 4. The maximum atomic E-state index is 15.3. The summed E-state index contributed by atoms with van der Waals surface area (Å²) >= 11 is 6.14. The average molecular weight is 583 g/mol. The number of amides is 3. The summed E-state index contributed by atoms with van der Waals surface area (Å²) in [6.07, 6.45) is -0.401. The van der Waals surface area contributed by atoms with Gasteiger partial charge >= 0.3 is 5.97 Å². The van der Waals surface area contributed by atoms with Gasteiger partial charge in [0.1, 0.15) is 18.8 Å². The van der Waals surface area contributed by atoms with Gasteiger partial charge in [0.25, 0.3) is 5.91 Å². The lowest BCUT2D eigenvalue weighted by Crippen LogP contribution is -2.44. The largest absolute Gasteiger partial charge is 0.478 e. The number of carboxylic acids is 1. The van der Waals surface area contributed by atoms with Crippen LogP contribution in [0.15, 0.2) is 54.7 Å². The summed E-state index contributed by atoms with van der Waals surface area (Å²) in [5.41, 5.74) is 5.26. The van der Waals surface area contributed by atoms with Gasteiger partial charge in [0.05, 0.1) is 34.0 Å². The van der Waals surface area contributed by atoms with Gasteiger partial charge < -0.3 is 21.1 Å². The van der Waals surface area contributed by atoms with E-state index in [1.165, 1.54) is 48.7 Å². The molecule has 0 saturated carbocycles. The van der Waals surface area contributed by atoms with Crippen LogP contribution in [0.4, 0.5) is 14.5 Å². The lowest BCUT2D eigenvalue weighted by molar-refractivity contribution is -0.137. The third-order valence-corrected chi connectivity index (χ3v) is 6.96. The molecule has 2 atom stereocenters. The highest BCUT2D eigenvalue weighted by molar-refractivity contribution is 6.33. The summed E-state index contributed by atoms with van der Waals surface area (Å²) in [6, 6.07) is 9.93. The summed E-state index contributed by atoms with van der Waals surface area (Å²) in [5.74, 6) is -4.51. The number of benzene rings is 2. The van der Waals surface area contributed by atoms with Crippen molar-refractivity contribution in [2.75, 3.05) is 11.9 Å². The van der Waals surface area contributed by atoms with Crippen LogP contribution in [0, 0.1) is 5.82 Å². The second-order valence-corrected chi connectivity index (χ2v) is 9.70. The third-order valence-electron chi connectivity index (χ3n) is 6.66. The molecule has 3 amide bonds. The van der Waals surface area contributed by atoms with Crippen LogP contribution in [0.5, 0.6) is 0 Å². The van der Waals surface area contributed by atoms with E-state index in [4.69, 9.17) is 17.3 Å². The molecule has 2 aromatic heterocycles. The number of nitrogens with two attached hydrogens (primary N) is 1. The molecule has 210 valence electrons. The van der Waals surface area contributed by atoms with Gasteiger partial charge in [0, 0.05) is 23.6 Å². The Kier molecular flexibility index (Phi) is 7.37. The first-order valence-electron chi connectivity index (χ1n) is 12.2. The van der Waals surface area contributed by atoms with Crippen molar-refractivity contribution >= 4 is 51.9 Å². The van der Waals surface area contributed by atoms with Crippen LogP contribution in [0.1, 0.15) is 27.3 Å². The number of likely N-dealkylation sites (tertiary alicyclic amines) is 1. The summed E-state index contributed by atoms with van der Waals surface area (Å²) in [4.78, 5) is 54.9. The van der Waals surface area contributed by atoms with Crippen molar-refractivity contribution in [1.29, 1.82) is 0 Å². The van der Waals surface area contributed by atoms with Crippen LogP contribution in [-0.2, 0) is 16.1 Å². The first-order chi connectivity index (χ1) is 19.5. The van der Waals surface area contributed by atoms with E-state index < -0.39 is 54.8 Å². The number of primary amides is 1. The SMILES string of the molecule is NC(=O)c1nn(CC(=O)N2C[C@H](F)C[C@H]2C(=O)Nc2cccc(-c3ncccc3Cl)c2F)c2ccc(C(=O)O)cc12. The average Bonchev–Trinajstić information content (AvgIpc) is 3.51. The number of rotatable bonds is 7. The van der Waals surface area contributed by atoms with Gasteiger partial charge in [-0.25, -0.2) is 13.6 Å². The van der Waals surface area contributed by atoms with E-state index in [1.54, 1.807) is 6.07 Å². The fourth-order valence-corrected chi connectivity index (χ4v) is 4.98. The Bertz CT molecular complexity index is 1730. The molecule has 0 radical (unpaired) electrons. The van der Waals surface area contributed by atoms with E-state index in [0.29, 0.717) is 0 Å². The number of carboxylic acid groups (broad SMARTS) is 1. The van der Waals surface area contributed by atoms with Crippen LogP contribution in [0.2, 0.25) is 5.02 Å². The summed E-state index contributed by atoms with van der Waals surface area (Å²) in [5, 5.41) is 16.1. The maximum absolute atomic E-state index is 15.3. The fourth-order valence-electron chi connectivity index (χ4n) is 4.75. The smallest absolute Gasteiger partial charge is 0.335 e. The van der Waals surface area contributed by atoms with Gasteiger partial charge in [-0.05, 0) is 42.5 Å². The zero-order valence-corrected chi connectivity index (χ0v) is 21.8. The van der Waals surface area contributed by atoms with Crippen molar-refractivity contribution in [3.8, 4) is 11.3 Å². The molecule has 0 aliphatic carbocycles. The number of fused-ring (bicyclic) bond motifs is 1. The van der Waals surface area contributed by atoms with Crippen molar-refractivity contribution in [1.82, 2.24) is 19.7 Å². The normalized spacial score (nSPS) is 16.6. The Hall–Kier alpha value is -4.91. The number of aromatic carboxylic acids is 1. The number of alkyl halides is 1. The van der Waals surface area contributed by atoms with E-state index in [-0.39, 0.29) is 50.5 Å². The maximum Gasteiger partial charge on any atom is 0.335 e. The minimum Gasteiger partial charge on any atom is -0.478 e. The molecule has 0 bridgehead atoms. The molecule has 2 aromatic carbocycles. The lowest BCUT2D eigenvalue weighted by atomic mass is 10.1.